The molecule has 1 aromatic rings. The van der Waals surface area contributed by atoms with Crippen LogP contribution in [0, 0.1) is 0 Å². The molecule has 5 heteroatoms. The van der Waals surface area contributed by atoms with Crippen molar-refractivity contribution in [2.75, 3.05) is 18.5 Å². The van der Waals surface area contributed by atoms with Gasteiger partial charge in [0.05, 0.1) is 23.7 Å². The number of hydrogen-bond acceptors (Lipinski definition) is 4. The number of aromatic nitrogens is 1. The molecule has 1 aliphatic rings. The number of anilines is 1. The van der Waals surface area contributed by atoms with Crippen molar-refractivity contribution in [2.45, 2.75) is 31.9 Å². The van der Waals surface area contributed by atoms with Crippen molar-refractivity contribution in [1.29, 1.82) is 0 Å². The minimum Gasteiger partial charge on any atom is -0.387 e. The van der Waals surface area contributed by atoms with Crippen LogP contribution in [0.5, 0.6) is 0 Å². The van der Waals surface area contributed by atoms with Crippen LogP contribution >= 0.6 is 0 Å². The van der Waals surface area contributed by atoms with Gasteiger partial charge in [0.25, 0.3) is 0 Å². The number of nitrogens with one attached hydrogen (secondary N) is 1. The summed E-state index contributed by atoms with van der Waals surface area (Å²) in [6.45, 7) is 2.55. The summed E-state index contributed by atoms with van der Waals surface area (Å²) in [4.78, 5) is 18.0. The molecule has 2 rings (SSSR count). The Hall–Kier alpha value is -1.62. The van der Waals surface area contributed by atoms with E-state index in [1.807, 2.05) is 6.07 Å². The average molecular weight is 249 g/mol. The predicted octanol–water partition coefficient (Wildman–Crippen LogP) is 0.850. The number of nitrogens with zero attached hydrogens (tertiary/aromatic N) is 2. The second kappa shape index (κ2) is 5.35. The highest BCUT2D eigenvalue weighted by atomic mass is 16.3. The highest BCUT2D eigenvalue weighted by molar-refractivity contribution is 5.85. The van der Waals surface area contributed by atoms with Crippen LogP contribution in [0.2, 0.25) is 0 Å². The molecule has 1 amide bonds. The lowest BCUT2D eigenvalue weighted by Crippen LogP contribution is -2.42. The fraction of sp³-hybridized carbons (Fsp3) is 0.538. The quantitative estimate of drug-likeness (QED) is 0.833. The molecular weight excluding hydrogens is 230 g/mol. The van der Waals surface area contributed by atoms with Crippen molar-refractivity contribution in [1.82, 2.24) is 10.3 Å². The van der Waals surface area contributed by atoms with Crippen LogP contribution in [-0.4, -0.2) is 35.6 Å². The van der Waals surface area contributed by atoms with E-state index in [2.05, 4.69) is 15.2 Å². The molecular formula is C13H19N3O2. The van der Waals surface area contributed by atoms with Gasteiger partial charge in [-0.2, -0.15) is 0 Å². The third-order valence-corrected chi connectivity index (χ3v) is 3.33. The smallest absolute Gasteiger partial charge is 0.242 e. The number of rotatable bonds is 3. The average Bonchev–Trinajstić information content (AvgIpc) is 2.87. The zero-order chi connectivity index (χ0) is 13.1. The molecule has 0 saturated carbocycles. The monoisotopic (exact) mass is 249 g/mol. The minimum atomic E-state index is -0.563. The third kappa shape index (κ3) is 2.46. The Morgan fingerprint density at radius 3 is 2.94 bits per heavy atom. The summed E-state index contributed by atoms with van der Waals surface area (Å²) >= 11 is 0. The topological polar surface area (TPSA) is 65.5 Å². The number of carbonyl (C=O) groups is 1. The number of carbonyl (C=O) groups excluding carboxylic acids is 1. The van der Waals surface area contributed by atoms with Crippen LogP contribution in [0.1, 0.15) is 31.6 Å². The maximum atomic E-state index is 11.8. The maximum Gasteiger partial charge on any atom is 0.242 e. The molecule has 0 spiro atoms. The van der Waals surface area contributed by atoms with E-state index in [9.17, 15) is 9.90 Å². The molecule has 1 aliphatic heterocycles. The van der Waals surface area contributed by atoms with Crippen LogP contribution in [0.25, 0.3) is 0 Å². The van der Waals surface area contributed by atoms with E-state index < -0.39 is 6.10 Å². The van der Waals surface area contributed by atoms with Gasteiger partial charge in [-0.1, -0.05) is 0 Å². The van der Waals surface area contributed by atoms with Gasteiger partial charge < -0.3 is 15.3 Å². The zero-order valence-electron chi connectivity index (χ0n) is 10.8. The molecule has 0 aromatic carbocycles. The normalized spacial score (nSPS) is 20.8. The van der Waals surface area contributed by atoms with Crippen molar-refractivity contribution in [3.05, 3.63) is 24.0 Å². The van der Waals surface area contributed by atoms with Gasteiger partial charge in [0, 0.05) is 13.6 Å². The summed E-state index contributed by atoms with van der Waals surface area (Å²) < 4.78 is 0. The molecule has 1 saturated heterocycles. The largest absolute Gasteiger partial charge is 0.387 e. The van der Waals surface area contributed by atoms with Crippen LogP contribution in [0.15, 0.2) is 18.3 Å². The zero-order valence-corrected chi connectivity index (χ0v) is 10.8. The first-order valence-corrected chi connectivity index (χ1v) is 6.25. The highest BCUT2D eigenvalue weighted by Gasteiger charge is 2.30. The summed E-state index contributed by atoms with van der Waals surface area (Å²) in [5.74, 6) is 0.0482. The predicted molar refractivity (Wildman–Crippen MR) is 69.3 cm³/mol. The van der Waals surface area contributed by atoms with Gasteiger partial charge in [-0.3, -0.25) is 9.78 Å². The van der Waals surface area contributed by atoms with E-state index in [1.54, 1.807) is 26.2 Å². The van der Waals surface area contributed by atoms with Crippen LogP contribution in [0.4, 0.5) is 5.69 Å². The Morgan fingerprint density at radius 2 is 2.39 bits per heavy atom. The molecule has 1 unspecified atom stereocenters. The highest BCUT2D eigenvalue weighted by Crippen LogP contribution is 2.25. The Labute approximate surface area is 107 Å². The molecule has 18 heavy (non-hydrogen) atoms. The van der Waals surface area contributed by atoms with E-state index in [0.29, 0.717) is 5.69 Å². The SMILES string of the molecule is CNC(=O)C1CCCN1c1ccc([C@H](C)O)nc1. The Bertz CT molecular complexity index is 417. The van der Waals surface area contributed by atoms with Crippen molar-refractivity contribution in [3.8, 4) is 0 Å². The fourth-order valence-electron chi connectivity index (χ4n) is 2.33. The van der Waals surface area contributed by atoms with Gasteiger partial charge in [0.15, 0.2) is 0 Å². The lowest BCUT2D eigenvalue weighted by atomic mass is 10.2. The summed E-state index contributed by atoms with van der Waals surface area (Å²) in [6.07, 6.45) is 3.05. The van der Waals surface area contributed by atoms with Gasteiger partial charge in [-0.05, 0) is 31.9 Å². The van der Waals surface area contributed by atoms with Gasteiger partial charge in [-0.15, -0.1) is 0 Å². The molecule has 98 valence electrons. The molecule has 2 N–H and O–H groups in total. The van der Waals surface area contributed by atoms with E-state index in [1.165, 1.54) is 0 Å². The van der Waals surface area contributed by atoms with Gasteiger partial charge in [0.1, 0.15) is 6.04 Å². The lowest BCUT2D eigenvalue weighted by molar-refractivity contribution is -0.121. The van der Waals surface area contributed by atoms with E-state index in [-0.39, 0.29) is 11.9 Å². The first-order chi connectivity index (χ1) is 8.63. The number of amides is 1. The van der Waals surface area contributed by atoms with Gasteiger partial charge >= 0.3 is 0 Å². The second-order valence-corrected chi connectivity index (χ2v) is 4.58. The standard InChI is InChI=1S/C13H19N3O2/c1-9(17)11-6-5-10(8-15-11)16-7-3-4-12(16)13(18)14-2/h5-6,8-9,12,17H,3-4,7H2,1-2H3,(H,14,18)/t9-,12?/m0/s1. The third-order valence-electron chi connectivity index (χ3n) is 3.33. The maximum absolute atomic E-state index is 11.8. The Kier molecular flexibility index (Phi) is 3.81. The van der Waals surface area contributed by atoms with Crippen molar-refractivity contribution in [3.63, 3.8) is 0 Å². The Balaban J connectivity index is 2.17. The molecule has 1 fully saturated rings. The van der Waals surface area contributed by atoms with Crippen LogP contribution < -0.4 is 10.2 Å². The minimum absolute atomic E-state index is 0.0482. The number of likely N-dealkylation sites (N-methyl/N-ethyl adjacent to an activating group) is 1. The number of pyridine rings is 1. The molecule has 0 bridgehead atoms. The van der Waals surface area contributed by atoms with Crippen molar-refractivity contribution < 1.29 is 9.90 Å². The van der Waals surface area contributed by atoms with Gasteiger partial charge in [-0.25, -0.2) is 0 Å². The molecule has 5 nitrogen and oxygen atoms in total. The van der Waals surface area contributed by atoms with E-state index >= 15 is 0 Å². The summed E-state index contributed by atoms with van der Waals surface area (Å²) in [5.41, 5.74) is 1.58. The molecule has 0 radical (unpaired) electrons. The summed E-state index contributed by atoms with van der Waals surface area (Å²) in [6, 6.07) is 3.62. The summed E-state index contributed by atoms with van der Waals surface area (Å²) in [7, 11) is 1.66. The molecule has 2 atom stereocenters. The molecule has 2 heterocycles. The van der Waals surface area contributed by atoms with Gasteiger partial charge in [0.2, 0.25) is 5.91 Å². The van der Waals surface area contributed by atoms with Crippen LogP contribution in [-0.2, 0) is 4.79 Å². The molecule has 0 aliphatic carbocycles. The van der Waals surface area contributed by atoms with Crippen molar-refractivity contribution in [2.24, 2.45) is 0 Å². The first kappa shape index (κ1) is 12.8. The number of aliphatic hydroxyl groups excluding tert-OH is 1. The number of aliphatic hydroxyl groups is 1. The van der Waals surface area contributed by atoms with E-state index in [0.717, 1.165) is 25.1 Å². The number of hydrogen-bond donors (Lipinski definition) is 2. The lowest BCUT2D eigenvalue weighted by Gasteiger charge is -2.25. The van der Waals surface area contributed by atoms with Crippen molar-refractivity contribution >= 4 is 11.6 Å². The van der Waals surface area contributed by atoms with E-state index in [4.69, 9.17) is 0 Å². The fourth-order valence-corrected chi connectivity index (χ4v) is 2.33. The summed E-state index contributed by atoms with van der Waals surface area (Å²) in [5, 5.41) is 12.1. The molecule has 1 aromatic heterocycles. The Morgan fingerprint density at radius 1 is 1.61 bits per heavy atom. The second-order valence-electron chi connectivity index (χ2n) is 4.58. The van der Waals surface area contributed by atoms with Crippen LogP contribution in [0.3, 0.4) is 0 Å². The first-order valence-electron chi connectivity index (χ1n) is 6.25.